The third-order valence-corrected chi connectivity index (χ3v) is 5.31. The second-order valence-corrected chi connectivity index (χ2v) is 8.17. The van der Waals surface area contributed by atoms with Crippen molar-refractivity contribution in [2.45, 2.75) is 26.2 Å². The maximum Gasteiger partial charge on any atom is 0.227 e. The van der Waals surface area contributed by atoms with Gasteiger partial charge in [-0.15, -0.1) is 0 Å². The van der Waals surface area contributed by atoms with Crippen LogP contribution in [-0.4, -0.2) is 41.6 Å². The lowest BCUT2D eigenvalue weighted by atomic mass is 9.94. The van der Waals surface area contributed by atoms with Gasteiger partial charge in [-0.1, -0.05) is 42.9 Å². The minimum absolute atomic E-state index is 0.491. The molecular formula is C25H30N4O. The molecule has 0 amide bonds. The van der Waals surface area contributed by atoms with Crippen LogP contribution in [0.15, 0.2) is 77.9 Å². The molecule has 0 saturated heterocycles. The van der Waals surface area contributed by atoms with Crippen LogP contribution in [0, 0.1) is 5.92 Å². The van der Waals surface area contributed by atoms with Gasteiger partial charge < -0.3 is 10.1 Å². The SMILES string of the molecule is CC1C=C2C=C(C1)CN(C)C/C=C/CCOC1=CC=CCC(=C1)c1ccnc(n1)N2. The number of likely N-dealkylation sites (N-methyl/N-ethyl adjacent to an activating group) is 1. The van der Waals surface area contributed by atoms with Crippen molar-refractivity contribution in [3.05, 3.63) is 83.6 Å². The van der Waals surface area contributed by atoms with Crippen LogP contribution in [-0.2, 0) is 4.74 Å². The van der Waals surface area contributed by atoms with Crippen molar-refractivity contribution in [1.82, 2.24) is 14.9 Å². The molecule has 2 aliphatic carbocycles. The first-order chi connectivity index (χ1) is 14.7. The summed E-state index contributed by atoms with van der Waals surface area (Å²) in [5.74, 6) is 1.99. The molecule has 2 heterocycles. The molecule has 1 aromatic heterocycles. The highest BCUT2D eigenvalue weighted by atomic mass is 16.5. The van der Waals surface area contributed by atoms with Gasteiger partial charge in [-0.3, -0.25) is 4.90 Å². The Bertz CT molecular complexity index is 952. The van der Waals surface area contributed by atoms with Crippen molar-refractivity contribution >= 4 is 11.5 Å². The number of allylic oxidation sites excluding steroid dienone is 7. The lowest BCUT2D eigenvalue weighted by Crippen LogP contribution is -2.23. The first-order valence-corrected chi connectivity index (χ1v) is 10.7. The number of aromatic nitrogens is 2. The van der Waals surface area contributed by atoms with Crippen molar-refractivity contribution in [1.29, 1.82) is 0 Å². The summed E-state index contributed by atoms with van der Waals surface area (Å²) in [5.41, 5.74) is 4.55. The minimum atomic E-state index is 0.491. The number of nitrogens with one attached hydrogen (secondary N) is 1. The van der Waals surface area contributed by atoms with Crippen LogP contribution >= 0.6 is 0 Å². The van der Waals surface area contributed by atoms with Crippen molar-refractivity contribution < 1.29 is 4.74 Å². The predicted octanol–water partition coefficient (Wildman–Crippen LogP) is 4.87. The largest absolute Gasteiger partial charge is 0.493 e. The molecule has 1 unspecified atom stereocenters. The number of rotatable bonds is 0. The van der Waals surface area contributed by atoms with E-state index in [1.165, 1.54) is 5.57 Å². The quantitative estimate of drug-likeness (QED) is 0.627. The summed E-state index contributed by atoms with van der Waals surface area (Å²) in [6.45, 7) is 4.81. The summed E-state index contributed by atoms with van der Waals surface area (Å²) in [6, 6.07) is 1.96. The number of nitrogens with zero attached hydrogens (tertiary/aromatic N) is 3. The van der Waals surface area contributed by atoms with Gasteiger partial charge in [0.2, 0.25) is 5.95 Å². The summed E-state index contributed by atoms with van der Waals surface area (Å²) >= 11 is 0. The van der Waals surface area contributed by atoms with Gasteiger partial charge in [-0.2, -0.15) is 0 Å². The summed E-state index contributed by atoms with van der Waals surface area (Å²) < 4.78 is 6.00. The van der Waals surface area contributed by atoms with Crippen molar-refractivity contribution in [2.24, 2.45) is 5.92 Å². The van der Waals surface area contributed by atoms with Gasteiger partial charge in [0, 0.05) is 25.0 Å². The summed E-state index contributed by atoms with van der Waals surface area (Å²) in [6.07, 6.45) is 21.9. The maximum atomic E-state index is 6.00. The van der Waals surface area contributed by atoms with Gasteiger partial charge in [0.15, 0.2) is 0 Å². The zero-order valence-electron chi connectivity index (χ0n) is 17.8. The molecule has 1 N–H and O–H groups in total. The molecule has 156 valence electrons. The molecule has 1 aromatic rings. The fourth-order valence-electron chi connectivity index (χ4n) is 3.95. The monoisotopic (exact) mass is 402 g/mol. The fraction of sp³-hybridized carbons (Fsp3) is 0.360. The van der Waals surface area contributed by atoms with E-state index in [1.54, 1.807) is 0 Å². The number of hydrogen-bond acceptors (Lipinski definition) is 5. The number of anilines is 1. The highest BCUT2D eigenvalue weighted by Gasteiger charge is 2.15. The van der Waals surface area contributed by atoms with Crippen LogP contribution in [0.25, 0.3) is 5.57 Å². The molecule has 1 atom stereocenters. The Hall–Kier alpha value is -2.92. The molecule has 5 heteroatoms. The molecule has 0 spiro atoms. The number of fused-ring (bicyclic) bond motifs is 5. The van der Waals surface area contributed by atoms with E-state index in [0.717, 1.165) is 55.1 Å². The Morgan fingerprint density at radius 2 is 2.13 bits per heavy atom. The standard InChI is InChI=1S/C25H30N4O/c1-19-14-20-16-22(15-19)27-25-26-11-10-24(28-25)21-8-4-5-9-23(17-21)30-13-7-3-6-12-29(2)18-20/h3-6,9-11,15-17,19H,7-8,12-14,18H2,1-2H3,(H,26,27,28)/b6-3+. The molecule has 6 bridgehead atoms. The van der Waals surface area contributed by atoms with Gasteiger partial charge in [-0.05, 0) is 62.1 Å². The van der Waals surface area contributed by atoms with Crippen LogP contribution in [0.1, 0.15) is 31.9 Å². The molecule has 3 aliphatic rings. The van der Waals surface area contributed by atoms with E-state index >= 15 is 0 Å². The zero-order chi connectivity index (χ0) is 20.8. The third-order valence-electron chi connectivity index (χ3n) is 5.31. The Morgan fingerprint density at radius 3 is 3.07 bits per heavy atom. The van der Waals surface area contributed by atoms with Crippen LogP contribution in [0.5, 0.6) is 0 Å². The third kappa shape index (κ3) is 5.57. The Morgan fingerprint density at radius 1 is 1.20 bits per heavy atom. The Balaban J connectivity index is 1.65. The van der Waals surface area contributed by atoms with Gasteiger partial charge in [-0.25, -0.2) is 9.97 Å². The molecule has 0 saturated carbocycles. The number of hydrogen-bond donors (Lipinski definition) is 1. The highest BCUT2D eigenvalue weighted by Crippen LogP contribution is 2.26. The van der Waals surface area contributed by atoms with Gasteiger partial charge in [0.05, 0.1) is 12.3 Å². The van der Waals surface area contributed by atoms with E-state index in [4.69, 9.17) is 9.72 Å². The van der Waals surface area contributed by atoms with Crippen molar-refractivity contribution in [3.8, 4) is 0 Å². The molecular weight excluding hydrogens is 372 g/mol. The summed E-state index contributed by atoms with van der Waals surface area (Å²) in [5, 5.41) is 3.43. The molecule has 5 nitrogen and oxygen atoms in total. The summed E-state index contributed by atoms with van der Waals surface area (Å²) in [7, 11) is 2.16. The Kier molecular flexibility index (Phi) is 6.60. The highest BCUT2D eigenvalue weighted by molar-refractivity contribution is 5.68. The van der Waals surface area contributed by atoms with E-state index in [-0.39, 0.29) is 0 Å². The molecule has 1 aliphatic heterocycles. The number of ether oxygens (including phenoxy) is 1. The molecule has 0 fully saturated rings. The Labute approximate surface area is 179 Å². The predicted molar refractivity (Wildman–Crippen MR) is 123 cm³/mol. The maximum absolute atomic E-state index is 6.00. The average molecular weight is 403 g/mol. The van der Waals surface area contributed by atoms with E-state index in [9.17, 15) is 0 Å². The normalized spacial score (nSPS) is 23.9. The molecule has 0 radical (unpaired) electrons. The van der Waals surface area contributed by atoms with Crippen LogP contribution in [0.4, 0.5) is 5.95 Å². The van der Waals surface area contributed by atoms with E-state index in [2.05, 4.69) is 65.6 Å². The topological polar surface area (TPSA) is 50.3 Å². The first-order valence-electron chi connectivity index (χ1n) is 10.7. The summed E-state index contributed by atoms with van der Waals surface area (Å²) in [4.78, 5) is 11.6. The van der Waals surface area contributed by atoms with E-state index < -0.39 is 0 Å². The van der Waals surface area contributed by atoms with Crippen LogP contribution < -0.4 is 5.32 Å². The average Bonchev–Trinajstić information content (AvgIpc) is 2.95. The fourth-order valence-corrected chi connectivity index (χ4v) is 3.95. The lowest BCUT2D eigenvalue weighted by molar-refractivity contribution is 0.230. The smallest absolute Gasteiger partial charge is 0.227 e. The lowest BCUT2D eigenvalue weighted by Gasteiger charge is -2.23. The van der Waals surface area contributed by atoms with Gasteiger partial charge in [0.25, 0.3) is 0 Å². The minimum Gasteiger partial charge on any atom is -0.493 e. The van der Waals surface area contributed by atoms with Crippen LogP contribution in [0.2, 0.25) is 0 Å². The molecule has 4 rings (SSSR count). The molecule has 0 aromatic carbocycles. The second-order valence-electron chi connectivity index (χ2n) is 8.17. The van der Waals surface area contributed by atoms with E-state index in [1.807, 2.05) is 24.4 Å². The second kappa shape index (κ2) is 9.72. The van der Waals surface area contributed by atoms with E-state index in [0.29, 0.717) is 18.5 Å². The van der Waals surface area contributed by atoms with Crippen molar-refractivity contribution in [3.63, 3.8) is 0 Å². The van der Waals surface area contributed by atoms with Gasteiger partial charge >= 0.3 is 0 Å². The van der Waals surface area contributed by atoms with Gasteiger partial charge in [0.1, 0.15) is 5.76 Å². The zero-order valence-corrected chi connectivity index (χ0v) is 17.8. The van der Waals surface area contributed by atoms with Crippen molar-refractivity contribution in [2.75, 3.05) is 32.1 Å². The van der Waals surface area contributed by atoms with Crippen LogP contribution in [0.3, 0.4) is 0 Å². The molecule has 30 heavy (non-hydrogen) atoms. The first kappa shape index (κ1) is 20.4.